The number of nitrogens with zero attached hydrogens (tertiary/aromatic N) is 1. The van der Waals surface area contributed by atoms with Crippen molar-refractivity contribution in [2.24, 2.45) is 11.5 Å². The van der Waals surface area contributed by atoms with Crippen LogP contribution >= 0.6 is 0 Å². The number of aliphatic hydroxyl groups is 1. The standard InChI is InChI=1S/C16H25N7O7/c1-7(24)13(23-14(28)9(17)2-8-4-19-6-21-8)16(30)22-10(3-11(18)25)15(29)20-5-12(26)27/h4,6-7,9-10,13,24H,2-3,5,17H2,1H3,(H2,18,25)(H,19,21)(H,20,29)(H,22,30)(H,23,28)(H,26,27). The van der Waals surface area contributed by atoms with Gasteiger partial charge in [0.05, 0.1) is 24.9 Å². The van der Waals surface area contributed by atoms with Crippen LogP contribution in [0.1, 0.15) is 19.0 Å². The molecule has 1 aromatic rings. The number of hydrogen-bond acceptors (Lipinski definition) is 8. The second-order valence-electron chi connectivity index (χ2n) is 6.46. The van der Waals surface area contributed by atoms with E-state index in [0.29, 0.717) is 5.69 Å². The number of amides is 4. The summed E-state index contributed by atoms with van der Waals surface area (Å²) in [6.07, 6.45) is 0.944. The molecule has 4 unspecified atom stereocenters. The number of aliphatic carboxylic acids is 1. The molecule has 0 aliphatic carbocycles. The molecule has 30 heavy (non-hydrogen) atoms. The van der Waals surface area contributed by atoms with Gasteiger partial charge in [-0.25, -0.2) is 4.98 Å². The molecule has 0 aliphatic rings. The normalized spacial score (nSPS) is 14.6. The van der Waals surface area contributed by atoms with Crippen LogP contribution in [0, 0.1) is 0 Å². The minimum Gasteiger partial charge on any atom is -0.480 e. The van der Waals surface area contributed by atoms with Crippen LogP contribution in [0.25, 0.3) is 0 Å². The molecule has 14 heteroatoms. The molecule has 0 spiro atoms. The first-order valence-electron chi connectivity index (χ1n) is 8.80. The molecule has 4 atom stereocenters. The SMILES string of the molecule is CC(O)C(NC(=O)C(N)Cc1cnc[nH]1)C(=O)NC(CC(N)=O)C(=O)NCC(=O)O. The summed E-state index contributed by atoms with van der Waals surface area (Å²) in [5.74, 6) is -5.01. The van der Waals surface area contributed by atoms with E-state index in [1.165, 1.54) is 19.4 Å². The van der Waals surface area contributed by atoms with Crippen molar-refractivity contribution in [3.63, 3.8) is 0 Å². The number of aromatic amines is 1. The van der Waals surface area contributed by atoms with Gasteiger partial charge in [0.25, 0.3) is 0 Å². The highest BCUT2D eigenvalue weighted by atomic mass is 16.4. The molecular formula is C16H25N7O7. The Bertz CT molecular complexity index is 766. The topological polar surface area (TPSA) is 243 Å². The number of carbonyl (C=O) groups is 5. The molecule has 166 valence electrons. The highest BCUT2D eigenvalue weighted by Gasteiger charge is 2.31. The fourth-order valence-corrected chi connectivity index (χ4v) is 2.35. The zero-order chi connectivity index (χ0) is 22.8. The van der Waals surface area contributed by atoms with Gasteiger partial charge < -0.3 is 42.6 Å². The van der Waals surface area contributed by atoms with E-state index in [0.717, 1.165) is 0 Å². The summed E-state index contributed by atoms with van der Waals surface area (Å²) in [4.78, 5) is 65.2. The Kier molecular flexibility index (Phi) is 9.38. The number of carboxylic acids is 1. The maximum atomic E-state index is 12.5. The van der Waals surface area contributed by atoms with Gasteiger partial charge in [0.15, 0.2) is 0 Å². The summed E-state index contributed by atoms with van der Waals surface area (Å²) in [7, 11) is 0. The summed E-state index contributed by atoms with van der Waals surface area (Å²) in [6, 6.07) is -4.08. The van der Waals surface area contributed by atoms with Crippen molar-refractivity contribution in [2.75, 3.05) is 6.54 Å². The number of rotatable bonds is 12. The van der Waals surface area contributed by atoms with Crippen molar-refractivity contribution in [2.45, 2.75) is 44.0 Å². The number of nitrogens with one attached hydrogen (secondary N) is 4. The molecule has 1 rings (SSSR count). The maximum Gasteiger partial charge on any atom is 0.322 e. The molecular weight excluding hydrogens is 402 g/mol. The summed E-state index contributed by atoms with van der Waals surface area (Å²) >= 11 is 0. The van der Waals surface area contributed by atoms with Gasteiger partial charge in [0.1, 0.15) is 18.6 Å². The molecule has 0 radical (unpaired) electrons. The first kappa shape index (κ1) is 24.5. The Hall–Kier alpha value is -3.52. The Morgan fingerprint density at radius 3 is 2.33 bits per heavy atom. The molecule has 0 fully saturated rings. The third-order valence-corrected chi connectivity index (χ3v) is 3.85. The lowest BCUT2D eigenvalue weighted by Gasteiger charge is -2.25. The molecule has 10 N–H and O–H groups in total. The Labute approximate surface area is 170 Å². The van der Waals surface area contributed by atoms with Crippen molar-refractivity contribution >= 4 is 29.6 Å². The zero-order valence-corrected chi connectivity index (χ0v) is 16.1. The van der Waals surface area contributed by atoms with E-state index < -0.39 is 66.8 Å². The summed E-state index contributed by atoms with van der Waals surface area (Å²) in [6.45, 7) is 0.474. The van der Waals surface area contributed by atoms with Crippen molar-refractivity contribution in [3.8, 4) is 0 Å². The lowest BCUT2D eigenvalue weighted by atomic mass is 10.1. The van der Waals surface area contributed by atoms with Crippen LogP contribution in [0.3, 0.4) is 0 Å². The largest absolute Gasteiger partial charge is 0.480 e. The first-order valence-corrected chi connectivity index (χ1v) is 8.80. The third-order valence-electron chi connectivity index (χ3n) is 3.85. The molecule has 0 bridgehead atoms. The average Bonchev–Trinajstić information content (AvgIpc) is 3.15. The molecule has 0 aliphatic heterocycles. The summed E-state index contributed by atoms with van der Waals surface area (Å²) in [5, 5.41) is 24.9. The van der Waals surface area contributed by atoms with Gasteiger partial charge in [-0.05, 0) is 6.92 Å². The van der Waals surface area contributed by atoms with E-state index in [2.05, 4.69) is 20.6 Å². The van der Waals surface area contributed by atoms with E-state index in [4.69, 9.17) is 16.6 Å². The van der Waals surface area contributed by atoms with Crippen molar-refractivity contribution in [1.82, 2.24) is 25.9 Å². The second-order valence-corrected chi connectivity index (χ2v) is 6.46. The monoisotopic (exact) mass is 427 g/mol. The van der Waals surface area contributed by atoms with E-state index in [1.54, 1.807) is 0 Å². The second kappa shape index (κ2) is 11.5. The number of carboxylic acid groups (broad SMARTS) is 1. The van der Waals surface area contributed by atoms with Crippen molar-refractivity contribution in [3.05, 3.63) is 18.2 Å². The minimum atomic E-state index is -1.51. The van der Waals surface area contributed by atoms with Crippen LogP contribution in [0.2, 0.25) is 0 Å². The number of aliphatic hydroxyl groups excluding tert-OH is 1. The van der Waals surface area contributed by atoms with Crippen molar-refractivity contribution in [1.29, 1.82) is 0 Å². The van der Waals surface area contributed by atoms with Gasteiger partial charge in [0, 0.05) is 18.3 Å². The molecule has 0 saturated carbocycles. The Morgan fingerprint density at radius 2 is 1.83 bits per heavy atom. The lowest BCUT2D eigenvalue weighted by molar-refractivity contribution is -0.139. The summed E-state index contributed by atoms with van der Waals surface area (Å²) < 4.78 is 0. The number of nitrogens with two attached hydrogens (primary N) is 2. The fourth-order valence-electron chi connectivity index (χ4n) is 2.35. The zero-order valence-electron chi connectivity index (χ0n) is 16.1. The van der Waals surface area contributed by atoms with Gasteiger partial charge in [0.2, 0.25) is 23.6 Å². The van der Waals surface area contributed by atoms with E-state index >= 15 is 0 Å². The van der Waals surface area contributed by atoms with Crippen molar-refractivity contribution < 1.29 is 34.2 Å². The molecule has 14 nitrogen and oxygen atoms in total. The maximum absolute atomic E-state index is 12.5. The Morgan fingerprint density at radius 1 is 1.17 bits per heavy atom. The van der Waals surface area contributed by atoms with Gasteiger partial charge >= 0.3 is 5.97 Å². The van der Waals surface area contributed by atoms with Gasteiger partial charge in [-0.2, -0.15) is 0 Å². The van der Waals surface area contributed by atoms with Crippen LogP contribution in [0.15, 0.2) is 12.5 Å². The molecule has 4 amide bonds. The number of imidazole rings is 1. The van der Waals surface area contributed by atoms with Crippen LogP contribution < -0.4 is 27.4 Å². The highest BCUT2D eigenvalue weighted by Crippen LogP contribution is 2.01. The first-order chi connectivity index (χ1) is 14.0. The fraction of sp³-hybridized carbons (Fsp3) is 0.500. The highest BCUT2D eigenvalue weighted by molar-refractivity contribution is 5.95. The van der Waals surface area contributed by atoms with Crippen LogP contribution in [-0.4, -0.2) is 80.6 Å². The molecule has 1 heterocycles. The number of primary amides is 1. The van der Waals surface area contributed by atoms with Gasteiger partial charge in [-0.1, -0.05) is 0 Å². The number of hydrogen-bond donors (Lipinski definition) is 8. The molecule has 1 aromatic heterocycles. The minimum absolute atomic E-state index is 0.0852. The van der Waals surface area contributed by atoms with E-state index in [9.17, 15) is 29.1 Å². The van der Waals surface area contributed by atoms with Gasteiger partial charge in [-0.15, -0.1) is 0 Å². The smallest absolute Gasteiger partial charge is 0.322 e. The average molecular weight is 427 g/mol. The number of carbonyl (C=O) groups excluding carboxylic acids is 4. The molecule has 0 aromatic carbocycles. The van der Waals surface area contributed by atoms with Crippen LogP contribution in [0.4, 0.5) is 0 Å². The summed E-state index contributed by atoms with van der Waals surface area (Å²) in [5.41, 5.74) is 11.4. The van der Waals surface area contributed by atoms with Crippen LogP contribution in [-0.2, 0) is 30.4 Å². The third kappa shape index (κ3) is 8.24. The molecule has 0 saturated heterocycles. The van der Waals surface area contributed by atoms with Crippen LogP contribution in [0.5, 0.6) is 0 Å². The Balaban J connectivity index is 2.80. The lowest BCUT2D eigenvalue weighted by Crippen LogP contribution is -2.59. The quantitative estimate of drug-likeness (QED) is 0.161. The predicted octanol–water partition coefficient (Wildman–Crippen LogP) is -4.29. The number of H-pyrrole nitrogens is 1. The van der Waals surface area contributed by atoms with E-state index in [-0.39, 0.29) is 6.42 Å². The predicted molar refractivity (Wildman–Crippen MR) is 100 cm³/mol. The van der Waals surface area contributed by atoms with E-state index in [1.807, 2.05) is 5.32 Å². The number of aromatic nitrogens is 2. The van der Waals surface area contributed by atoms with Gasteiger partial charge in [-0.3, -0.25) is 24.0 Å².